The van der Waals surface area contributed by atoms with E-state index in [0.717, 1.165) is 31.9 Å². The first-order valence-corrected chi connectivity index (χ1v) is 5.96. The molecule has 0 spiro atoms. The second kappa shape index (κ2) is 7.30. The summed E-state index contributed by atoms with van der Waals surface area (Å²) in [5.74, 6) is 0. The van der Waals surface area contributed by atoms with Crippen LogP contribution in [0.5, 0.6) is 0 Å². The molecule has 0 aliphatic carbocycles. The molecular formula is C12H22N4. The van der Waals surface area contributed by atoms with Crippen molar-refractivity contribution >= 4 is 0 Å². The first-order valence-electron chi connectivity index (χ1n) is 5.96. The summed E-state index contributed by atoms with van der Waals surface area (Å²) in [7, 11) is 0. The highest BCUT2D eigenvalue weighted by Crippen LogP contribution is 1.95. The van der Waals surface area contributed by atoms with Crippen molar-refractivity contribution in [2.24, 2.45) is 0 Å². The van der Waals surface area contributed by atoms with Crippen LogP contribution in [0.2, 0.25) is 0 Å². The molecule has 4 heteroatoms. The van der Waals surface area contributed by atoms with Crippen LogP contribution in [0, 0.1) is 0 Å². The molecule has 0 saturated heterocycles. The Bertz CT molecular complexity index is 272. The van der Waals surface area contributed by atoms with Crippen molar-refractivity contribution in [2.45, 2.75) is 33.4 Å². The first-order chi connectivity index (χ1) is 7.76. The number of hydrogen-bond acceptors (Lipinski definition) is 4. The summed E-state index contributed by atoms with van der Waals surface area (Å²) in [6.07, 6.45) is 3.37. The van der Waals surface area contributed by atoms with Crippen LogP contribution in [0.15, 0.2) is 18.6 Å². The molecule has 1 rings (SSSR count). The molecular weight excluding hydrogens is 200 g/mol. The SMILES string of the molecule is CCN(CC)CC(C)NCc1ccncn1. The second-order valence-electron chi connectivity index (χ2n) is 3.97. The fourth-order valence-corrected chi connectivity index (χ4v) is 1.64. The Kier molecular flexibility index (Phi) is 5.96. The summed E-state index contributed by atoms with van der Waals surface area (Å²) in [6, 6.07) is 2.42. The number of rotatable bonds is 7. The van der Waals surface area contributed by atoms with Crippen LogP contribution in [0.4, 0.5) is 0 Å². The van der Waals surface area contributed by atoms with E-state index in [9.17, 15) is 0 Å². The van der Waals surface area contributed by atoms with Crippen LogP contribution in [0.1, 0.15) is 26.5 Å². The molecule has 0 bridgehead atoms. The minimum atomic E-state index is 0.481. The standard InChI is InChI=1S/C12H22N4/c1-4-16(5-2)9-11(3)14-8-12-6-7-13-10-15-12/h6-7,10-11,14H,4-5,8-9H2,1-3H3. The quantitative estimate of drug-likeness (QED) is 0.755. The molecule has 0 amide bonds. The lowest BCUT2D eigenvalue weighted by Gasteiger charge is -2.23. The smallest absolute Gasteiger partial charge is 0.115 e. The zero-order chi connectivity index (χ0) is 11.8. The van der Waals surface area contributed by atoms with E-state index in [1.165, 1.54) is 0 Å². The topological polar surface area (TPSA) is 41.0 Å². The van der Waals surface area contributed by atoms with Crippen molar-refractivity contribution in [3.63, 3.8) is 0 Å². The summed E-state index contributed by atoms with van der Waals surface area (Å²) >= 11 is 0. The van der Waals surface area contributed by atoms with Crippen LogP contribution < -0.4 is 5.32 Å². The molecule has 1 aromatic heterocycles. The van der Waals surface area contributed by atoms with E-state index in [0.29, 0.717) is 6.04 Å². The van der Waals surface area contributed by atoms with Gasteiger partial charge < -0.3 is 10.2 Å². The molecule has 0 fully saturated rings. The monoisotopic (exact) mass is 222 g/mol. The molecule has 0 saturated carbocycles. The van der Waals surface area contributed by atoms with E-state index < -0.39 is 0 Å². The molecule has 0 aliphatic rings. The molecule has 0 aromatic carbocycles. The summed E-state index contributed by atoms with van der Waals surface area (Å²) < 4.78 is 0. The lowest BCUT2D eigenvalue weighted by Crippen LogP contribution is -2.38. The molecule has 4 nitrogen and oxygen atoms in total. The Balaban J connectivity index is 2.27. The number of hydrogen-bond donors (Lipinski definition) is 1. The van der Waals surface area contributed by atoms with Gasteiger partial charge in [0.2, 0.25) is 0 Å². The van der Waals surface area contributed by atoms with Gasteiger partial charge in [-0.25, -0.2) is 9.97 Å². The highest BCUT2D eigenvalue weighted by atomic mass is 15.1. The normalized spacial score (nSPS) is 13.0. The van der Waals surface area contributed by atoms with Crippen LogP contribution in [-0.4, -0.2) is 40.5 Å². The molecule has 0 radical (unpaired) electrons. The Morgan fingerprint density at radius 2 is 2.12 bits per heavy atom. The summed E-state index contributed by atoms with van der Waals surface area (Å²) in [6.45, 7) is 10.7. The summed E-state index contributed by atoms with van der Waals surface area (Å²) in [4.78, 5) is 10.5. The predicted octanol–water partition coefficient (Wildman–Crippen LogP) is 1.30. The Morgan fingerprint density at radius 3 is 2.69 bits per heavy atom. The highest BCUT2D eigenvalue weighted by molar-refractivity contribution is 4.97. The Morgan fingerprint density at radius 1 is 1.38 bits per heavy atom. The minimum Gasteiger partial charge on any atom is -0.307 e. The highest BCUT2D eigenvalue weighted by Gasteiger charge is 2.06. The molecule has 1 N–H and O–H groups in total. The third-order valence-electron chi connectivity index (χ3n) is 2.70. The average molecular weight is 222 g/mol. The van der Waals surface area contributed by atoms with Gasteiger partial charge in [0.25, 0.3) is 0 Å². The van der Waals surface area contributed by atoms with Gasteiger partial charge in [0.1, 0.15) is 6.33 Å². The zero-order valence-corrected chi connectivity index (χ0v) is 10.5. The Hall–Kier alpha value is -1.00. The van der Waals surface area contributed by atoms with Crippen LogP contribution in [0.25, 0.3) is 0 Å². The van der Waals surface area contributed by atoms with Gasteiger partial charge >= 0.3 is 0 Å². The predicted molar refractivity (Wildman–Crippen MR) is 66.1 cm³/mol. The molecule has 1 aromatic rings. The van der Waals surface area contributed by atoms with Gasteiger partial charge in [-0.1, -0.05) is 13.8 Å². The maximum Gasteiger partial charge on any atom is 0.115 e. The fraction of sp³-hybridized carbons (Fsp3) is 0.667. The van der Waals surface area contributed by atoms with E-state index in [2.05, 4.69) is 41.0 Å². The molecule has 1 heterocycles. The molecule has 1 atom stereocenters. The van der Waals surface area contributed by atoms with Crippen molar-refractivity contribution in [1.29, 1.82) is 0 Å². The van der Waals surface area contributed by atoms with Crippen LogP contribution in [-0.2, 0) is 6.54 Å². The lowest BCUT2D eigenvalue weighted by molar-refractivity contribution is 0.270. The van der Waals surface area contributed by atoms with Crippen molar-refractivity contribution in [2.75, 3.05) is 19.6 Å². The fourth-order valence-electron chi connectivity index (χ4n) is 1.64. The van der Waals surface area contributed by atoms with Gasteiger partial charge in [-0.05, 0) is 26.1 Å². The third-order valence-corrected chi connectivity index (χ3v) is 2.70. The molecule has 16 heavy (non-hydrogen) atoms. The maximum absolute atomic E-state index is 4.18. The van der Waals surface area contributed by atoms with Gasteiger partial charge in [-0.3, -0.25) is 0 Å². The average Bonchev–Trinajstić information content (AvgIpc) is 2.34. The lowest BCUT2D eigenvalue weighted by atomic mass is 10.3. The van der Waals surface area contributed by atoms with E-state index in [1.54, 1.807) is 12.5 Å². The summed E-state index contributed by atoms with van der Waals surface area (Å²) in [5.41, 5.74) is 1.04. The van der Waals surface area contributed by atoms with Crippen molar-refractivity contribution in [1.82, 2.24) is 20.2 Å². The first kappa shape index (κ1) is 13.1. The third kappa shape index (κ3) is 4.68. The number of aromatic nitrogens is 2. The number of nitrogens with zero attached hydrogens (tertiary/aromatic N) is 3. The van der Waals surface area contributed by atoms with E-state index in [4.69, 9.17) is 0 Å². The largest absolute Gasteiger partial charge is 0.307 e. The maximum atomic E-state index is 4.18. The van der Waals surface area contributed by atoms with Gasteiger partial charge in [0, 0.05) is 25.3 Å². The van der Waals surface area contributed by atoms with Gasteiger partial charge in [0.05, 0.1) is 5.69 Å². The van der Waals surface area contributed by atoms with Gasteiger partial charge in [0.15, 0.2) is 0 Å². The number of likely N-dealkylation sites (N-methyl/N-ethyl adjacent to an activating group) is 1. The van der Waals surface area contributed by atoms with E-state index in [1.807, 2.05) is 6.07 Å². The van der Waals surface area contributed by atoms with Gasteiger partial charge in [-0.2, -0.15) is 0 Å². The van der Waals surface area contributed by atoms with E-state index in [-0.39, 0.29) is 0 Å². The van der Waals surface area contributed by atoms with Crippen LogP contribution in [0.3, 0.4) is 0 Å². The van der Waals surface area contributed by atoms with Gasteiger partial charge in [-0.15, -0.1) is 0 Å². The molecule has 1 unspecified atom stereocenters. The van der Waals surface area contributed by atoms with Crippen molar-refractivity contribution in [3.8, 4) is 0 Å². The molecule has 0 aliphatic heterocycles. The molecule has 90 valence electrons. The summed E-state index contributed by atoms with van der Waals surface area (Å²) in [5, 5.41) is 3.47. The minimum absolute atomic E-state index is 0.481. The second-order valence-corrected chi connectivity index (χ2v) is 3.97. The Labute approximate surface area is 98.1 Å². The van der Waals surface area contributed by atoms with Crippen molar-refractivity contribution < 1.29 is 0 Å². The van der Waals surface area contributed by atoms with E-state index >= 15 is 0 Å². The van der Waals surface area contributed by atoms with Crippen molar-refractivity contribution in [3.05, 3.63) is 24.3 Å². The zero-order valence-electron chi connectivity index (χ0n) is 10.5. The van der Waals surface area contributed by atoms with Crippen LogP contribution >= 0.6 is 0 Å². The number of nitrogens with one attached hydrogen (secondary N) is 1.